The molecule has 25 heavy (non-hydrogen) atoms. The Morgan fingerprint density at radius 2 is 2.32 bits per heavy atom. The highest BCUT2D eigenvalue weighted by atomic mass is 19.1. The van der Waals surface area contributed by atoms with Gasteiger partial charge in [-0.05, 0) is 43.2 Å². The molecule has 1 aliphatic heterocycles. The van der Waals surface area contributed by atoms with E-state index < -0.39 is 6.10 Å². The Morgan fingerprint density at radius 3 is 3.04 bits per heavy atom. The third kappa shape index (κ3) is 3.91. The Hall–Kier alpha value is -2.18. The molecule has 1 aliphatic rings. The lowest BCUT2D eigenvalue weighted by Gasteiger charge is -2.26. The highest BCUT2D eigenvalue weighted by Crippen LogP contribution is 2.29. The van der Waals surface area contributed by atoms with Crippen LogP contribution in [0, 0.1) is 5.82 Å². The van der Waals surface area contributed by atoms with E-state index in [0.29, 0.717) is 29.9 Å². The fraction of sp³-hybridized carbons (Fsp3) is 0.421. The van der Waals surface area contributed by atoms with E-state index in [0.717, 1.165) is 12.8 Å². The number of carbonyl (C=O) groups excluding carboxylic acids is 1. The number of rotatable bonds is 6. The lowest BCUT2D eigenvalue weighted by molar-refractivity contribution is 0.0641. The lowest BCUT2D eigenvalue weighted by Crippen LogP contribution is -2.36. The second-order valence-corrected chi connectivity index (χ2v) is 6.30. The molecule has 0 bridgehead atoms. The molecule has 0 spiro atoms. The molecule has 1 fully saturated rings. The van der Waals surface area contributed by atoms with Crippen LogP contribution >= 0.6 is 0 Å². The van der Waals surface area contributed by atoms with E-state index in [1.807, 2.05) is 0 Å². The SMILES string of the molecule is COCc1cc(C(=O)N2CCCC2CC(O)c2ccco2)ccc1F. The van der Waals surface area contributed by atoms with Gasteiger partial charge in [-0.2, -0.15) is 0 Å². The van der Waals surface area contributed by atoms with Crippen LogP contribution in [-0.4, -0.2) is 35.6 Å². The predicted octanol–water partition coefficient (Wildman–Crippen LogP) is 3.29. The first-order valence-electron chi connectivity index (χ1n) is 8.40. The largest absolute Gasteiger partial charge is 0.467 e. The number of ether oxygens (including phenoxy) is 1. The van der Waals surface area contributed by atoms with Crippen LogP contribution in [0.2, 0.25) is 0 Å². The average Bonchev–Trinajstić information content (AvgIpc) is 3.28. The minimum atomic E-state index is -0.745. The fourth-order valence-corrected chi connectivity index (χ4v) is 3.34. The van der Waals surface area contributed by atoms with E-state index in [1.54, 1.807) is 23.1 Å². The minimum absolute atomic E-state index is 0.0662. The molecule has 2 unspecified atom stereocenters. The zero-order chi connectivity index (χ0) is 17.8. The van der Waals surface area contributed by atoms with Crippen molar-refractivity contribution in [1.82, 2.24) is 4.90 Å². The van der Waals surface area contributed by atoms with Crippen LogP contribution in [-0.2, 0) is 11.3 Å². The van der Waals surface area contributed by atoms with Gasteiger partial charge in [0.1, 0.15) is 17.7 Å². The highest BCUT2D eigenvalue weighted by Gasteiger charge is 2.32. The summed E-state index contributed by atoms with van der Waals surface area (Å²) in [4.78, 5) is 14.6. The van der Waals surface area contributed by atoms with E-state index in [-0.39, 0.29) is 24.4 Å². The minimum Gasteiger partial charge on any atom is -0.467 e. The maximum Gasteiger partial charge on any atom is 0.254 e. The topological polar surface area (TPSA) is 62.9 Å². The molecular formula is C19H22FNO4. The standard InChI is InChI=1S/C19H22FNO4/c1-24-12-14-10-13(6-7-16(14)20)19(23)21-8-2-4-15(21)11-17(22)18-5-3-9-25-18/h3,5-7,9-10,15,17,22H,2,4,8,11-12H2,1H3. The molecule has 2 atom stereocenters. The van der Waals surface area contributed by atoms with Gasteiger partial charge in [0.2, 0.25) is 0 Å². The number of carbonyl (C=O) groups is 1. The van der Waals surface area contributed by atoms with E-state index in [1.165, 1.54) is 25.5 Å². The Balaban J connectivity index is 1.73. The third-order valence-electron chi connectivity index (χ3n) is 4.60. The number of hydrogen-bond acceptors (Lipinski definition) is 4. The quantitative estimate of drug-likeness (QED) is 0.871. The molecule has 5 nitrogen and oxygen atoms in total. The van der Waals surface area contributed by atoms with Gasteiger partial charge in [0, 0.05) is 37.2 Å². The number of benzene rings is 1. The molecule has 2 aromatic rings. The predicted molar refractivity (Wildman–Crippen MR) is 89.5 cm³/mol. The molecule has 1 aromatic carbocycles. The van der Waals surface area contributed by atoms with E-state index in [9.17, 15) is 14.3 Å². The third-order valence-corrected chi connectivity index (χ3v) is 4.60. The molecule has 0 saturated carbocycles. The number of nitrogens with zero attached hydrogens (tertiary/aromatic N) is 1. The Morgan fingerprint density at radius 1 is 1.48 bits per heavy atom. The van der Waals surface area contributed by atoms with Gasteiger partial charge in [-0.3, -0.25) is 4.79 Å². The zero-order valence-corrected chi connectivity index (χ0v) is 14.2. The first-order valence-corrected chi connectivity index (χ1v) is 8.40. The van der Waals surface area contributed by atoms with E-state index >= 15 is 0 Å². The van der Waals surface area contributed by atoms with Gasteiger partial charge in [0.05, 0.1) is 12.9 Å². The van der Waals surface area contributed by atoms with Crippen LogP contribution in [0.4, 0.5) is 4.39 Å². The van der Waals surface area contributed by atoms with Crippen molar-refractivity contribution in [2.24, 2.45) is 0 Å². The summed E-state index contributed by atoms with van der Waals surface area (Å²) in [6, 6.07) is 7.72. The van der Waals surface area contributed by atoms with E-state index in [4.69, 9.17) is 9.15 Å². The summed E-state index contributed by atoms with van der Waals surface area (Å²) in [6.45, 7) is 0.749. The molecule has 1 amide bonds. The van der Waals surface area contributed by atoms with Gasteiger partial charge in [0.15, 0.2) is 0 Å². The summed E-state index contributed by atoms with van der Waals surface area (Å²) >= 11 is 0. The zero-order valence-electron chi connectivity index (χ0n) is 14.2. The van der Waals surface area contributed by atoms with Gasteiger partial charge in [-0.15, -0.1) is 0 Å². The maximum absolute atomic E-state index is 13.8. The molecule has 134 valence electrons. The molecule has 1 saturated heterocycles. The van der Waals surface area contributed by atoms with Crippen molar-refractivity contribution < 1.29 is 23.4 Å². The summed E-state index contributed by atoms with van der Waals surface area (Å²) < 4.78 is 24.0. The van der Waals surface area contributed by atoms with Crippen LogP contribution in [0.3, 0.4) is 0 Å². The number of aliphatic hydroxyl groups excluding tert-OH is 1. The monoisotopic (exact) mass is 347 g/mol. The first kappa shape index (κ1) is 17.6. The number of amides is 1. The molecule has 2 heterocycles. The highest BCUT2D eigenvalue weighted by molar-refractivity contribution is 5.94. The van der Waals surface area contributed by atoms with Crippen molar-refractivity contribution in [3.05, 3.63) is 59.3 Å². The van der Waals surface area contributed by atoms with E-state index in [2.05, 4.69) is 0 Å². The van der Waals surface area contributed by atoms with Crippen molar-refractivity contribution in [2.45, 2.75) is 38.0 Å². The molecular weight excluding hydrogens is 325 g/mol. The Labute approximate surface area is 146 Å². The van der Waals surface area contributed by atoms with Crippen molar-refractivity contribution in [2.75, 3.05) is 13.7 Å². The van der Waals surface area contributed by atoms with Crippen molar-refractivity contribution in [3.63, 3.8) is 0 Å². The number of furan rings is 1. The molecule has 1 N–H and O–H groups in total. The lowest BCUT2D eigenvalue weighted by atomic mass is 10.0. The van der Waals surface area contributed by atoms with Gasteiger partial charge in [-0.25, -0.2) is 4.39 Å². The van der Waals surface area contributed by atoms with Crippen LogP contribution in [0.1, 0.15) is 47.0 Å². The summed E-state index contributed by atoms with van der Waals surface area (Å²) in [5.41, 5.74) is 0.799. The summed E-state index contributed by atoms with van der Waals surface area (Å²) in [5, 5.41) is 10.3. The molecule has 1 aromatic heterocycles. The fourth-order valence-electron chi connectivity index (χ4n) is 3.34. The van der Waals surface area contributed by atoms with Gasteiger partial charge in [0.25, 0.3) is 5.91 Å². The summed E-state index contributed by atoms with van der Waals surface area (Å²) in [5.74, 6) is -0.0282. The summed E-state index contributed by atoms with van der Waals surface area (Å²) in [6.07, 6.45) is 2.91. The van der Waals surface area contributed by atoms with Crippen LogP contribution < -0.4 is 0 Å². The first-order chi connectivity index (χ1) is 12.1. The van der Waals surface area contributed by atoms with Crippen LogP contribution in [0.25, 0.3) is 0 Å². The summed E-state index contributed by atoms with van der Waals surface area (Å²) in [7, 11) is 1.49. The normalized spacial score (nSPS) is 18.5. The van der Waals surface area contributed by atoms with Crippen molar-refractivity contribution in [1.29, 1.82) is 0 Å². The molecule has 6 heteroatoms. The second-order valence-electron chi connectivity index (χ2n) is 6.30. The second kappa shape index (κ2) is 7.80. The van der Waals surface area contributed by atoms with Crippen molar-refractivity contribution >= 4 is 5.91 Å². The Kier molecular flexibility index (Phi) is 5.50. The Bertz CT molecular complexity index is 716. The molecule has 3 rings (SSSR count). The maximum atomic E-state index is 13.8. The number of likely N-dealkylation sites (tertiary alicyclic amines) is 1. The van der Waals surface area contributed by atoms with Gasteiger partial charge < -0.3 is 19.2 Å². The number of hydrogen-bond donors (Lipinski definition) is 1. The molecule has 0 aliphatic carbocycles. The molecule has 0 radical (unpaired) electrons. The van der Waals surface area contributed by atoms with Gasteiger partial charge >= 0.3 is 0 Å². The number of aliphatic hydroxyl groups is 1. The van der Waals surface area contributed by atoms with Gasteiger partial charge in [-0.1, -0.05) is 0 Å². The van der Waals surface area contributed by atoms with Crippen LogP contribution in [0.5, 0.6) is 0 Å². The van der Waals surface area contributed by atoms with Crippen molar-refractivity contribution in [3.8, 4) is 0 Å². The number of methoxy groups -OCH3 is 1. The smallest absolute Gasteiger partial charge is 0.254 e. The average molecular weight is 347 g/mol. The number of halogens is 1. The van der Waals surface area contributed by atoms with Crippen LogP contribution in [0.15, 0.2) is 41.0 Å².